The zero-order valence-corrected chi connectivity index (χ0v) is 18.0. The normalized spacial score (nSPS) is 11.9. The van der Waals surface area contributed by atoms with Gasteiger partial charge in [-0.15, -0.1) is 12.4 Å². The molecule has 0 fully saturated rings. The van der Waals surface area contributed by atoms with Gasteiger partial charge in [-0.1, -0.05) is 69.3 Å². The number of aryl methyl sites for hydroxylation is 1. The van der Waals surface area contributed by atoms with Gasteiger partial charge in [0.1, 0.15) is 0 Å². The van der Waals surface area contributed by atoms with Crippen molar-refractivity contribution in [3.05, 3.63) is 59.7 Å². The highest BCUT2D eigenvalue weighted by Gasteiger charge is 2.35. The molecule has 6 heteroatoms. The van der Waals surface area contributed by atoms with Crippen LogP contribution in [0.15, 0.2) is 48.5 Å². The summed E-state index contributed by atoms with van der Waals surface area (Å²) in [7, 11) is -1.22. The molecular formula is C20H32BClNO2P. The zero-order valence-electron chi connectivity index (χ0n) is 16.3. The number of benzene rings is 2. The van der Waals surface area contributed by atoms with Crippen molar-refractivity contribution in [2.24, 2.45) is 0 Å². The Morgan fingerprint density at radius 3 is 1.77 bits per heavy atom. The molecule has 2 aromatic rings. The number of rotatable bonds is 7. The highest BCUT2D eigenvalue weighted by atomic mass is 35.5. The van der Waals surface area contributed by atoms with E-state index >= 15 is 0 Å². The molecule has 0 radical (unpaired) electrons. The minimum Gasteiger partial charge on any atom is -0.423 e. The van der Waals surface area contributed by atoms with Gasteiger partial charge in [-0.05, 0) is 61.1 Å². The van der Waals surface area contributed by atoms with Crippen molar-refractivity contribution in [3.8, 4) is 0 Å². The molecule has 0 aromatic heterocycles. The van der Waals surface area contributed by atoms with Gasteiger partial charge in [-0.25, -0.2) is 0 Å². The van der Waals surface area contributed by atoms with Crippen molar-refractivity contribution in [2.75, 3.05) is 0 Å². The molecule has 0 saturated carbocycles. The SMILES string of the molecule is CCC(CC)(CC)c1ccccc1P(B(O)O)c1ccccc1C.Cl.N. The van der Waals surface area contributed by atoms with Gasteiger partial charge in [-0.3, -0.25) is 0 Å². The zero-order chi connectivity index (χ0) is 17.7. The van der Waals surface area contributed by atoms with E-state index in [1.165, 1.54) is 5.56 Å². The van der Waals surface area contributed by atoms with Crippen LogP contribution in [0.3, 0.4) is 0 Å². The van der Waals surface area contributed by atoms with Crippen LogP contribution in [-0.2, 0) is 5.41 Å². The summed E-state index contributed by atoms with van der Waals surface area (Å²) < 4.78 is 0. The number of halogens is 1. The molecule has 0 amide bonds. The van der Waals surface area contributed by atoms with Crippen molar-refractivity contribution >= 4 is 37.7 Å². The molecule has 0 spiro atoms. The summed E-state index contributed by atoms with van der Waals surface area (Å²) in [6, 6.07) is 16.4. The first kappa shape index (κ1) is 25.1. The Hall–Kier alpha value is -0.895. The van der Waals surface area contributed by atoms with Crippen molar-refractivity contribution < 1.29 is 10.0 Å². The van der Waals surface area contributed by atoms with Crippen molar-refractivity contribution in [1.82, 2.24) is 6.15 Å². The maximum atomic E-state index is 10.2. The smallest absolute Gasteiger partial charge is 0.423 e. The Labute approximate surface area is 166 Å². The Balaban J connectivity index is 0.00000312. The molecule has 0 aliphatic rings. The van der Waals surface area contributed by atoms with Gasteiger partial charge in [0.15, 0.2) is 0 Å². The standard InChI is InChI=1S/C20H28BO2P.ClH.H3N/c1-5-20(6-2,7-3)17-13-9-11-15-19(17)24(21(22)23)18-14-10-8-12-16(18)4;;/h8-15,22-23H,5-7H2,1-4H3;1H;1H3. The lowest BCUT2D eigenvalue weighted by Gasteiger charge is -2.35. The summed E-state index contributed by atoms with van der Waals surface area (Å²) in [6.45, 7) is 7.38. The van der Waals surface area contributed by atoms with Crippen LogP contribution in [0.1, 0.15) is 51.2 Å². The van der Waals surface area contributed by atoms with Gasteiger partial charge in [0.25, 0.3) is 0 Å². The van der Waals surface area contributed by atoms with Gasteiger partial charge >= 0.3 is 6.84 Å². The molecule has 0 aliphatic heterocycles. The molecule has 1 unspecified atom stereocenters. The maximum absolute atomic E-state index is 10.2. The van der Waals surface area contributed by atoms with E-state index in [2.05, 4.69) is 39.0 Å². The van der Waals surface area contributed by atoms with Crippen LogP contribution < -0.4 is 16.8 Å². The van der Waals surface area contributed by atoms with Crippen LogP contribution in [0.5, 0.6) is 0 Å². The molecule has 3 nitrogen and oxygen atoms in total. The fourth-order valence-corrected chi connectivity index (χ4v) is 5.94. The summed E-state index contributed by atoms with van der Waals surface area (Å²) in [5.41, 5.74) is 2.48. The third-order valence-electron chi connectivity index (χ3n) is 5.37. The molecule has 2 aromatic carbocycles. The molecule has 0 saturated heterocycles. The van der Waals surface area contributed by atoms with Gasteiger partial charge in [0.05, 0.1) is 0 Å². The lowest BCUT2D eigenvalue weighted by atomic mass is 9.74. The number of hydrogen-bond donors (Lipinski definition) is 3. The maximum Gasteiger partial charge on any atom is 0.489 e. The van der Waals surface area contributed by atoms with Gasteiger partial charge < -0.3 is 16.2 Å². The summed E-state index contributed by atoms with van der Waals surface area (Å²) in [5, 5.41) is 22.6. The van der Waals surface area contributed by atoms with Gasteiger partial charge in [-0.2, -0.15) is 0 Å². The fourth-order valence-electron chi connectivity index (χ4n) is 3.67. The van der Waals surface area contributed by atoms with Crippen molar-refractivity contribution in [3.63, 3.8) is 0 Å². The molecule has 5 N–H and O–H groups in total. The van der Waals surface area contributed by atoms with E-state index in [4.69, 9.17) is 0 Å². The summed E-state index contributed by atoms with van der Waals surface area (Å²) in [4.78, 5) is 0. The average molecular weight is 396 g/mol. The van der Waals surface area contributed by atoms with Crippen molar-refractivity contribution in [1.29, 1.82) is 0 Å². The third kappa shape index (κ3) is 4.88. The fraction of sp³-hybridized carbons (Fsp3) is 0.400. The third-order valence-corrected chi connectivity index (χ3v) is 7.76. The molecule has 0 aliphatic carbocycles. The molecule has 0 bridgehead atoms. The number of hydrogen-bond acceptors (Lipinski definition) is 3. The summed E-state index contributed by atoms with van der Waals surface area (Å²) in [5.74, 6) is 0. The van der Waals surface area contributed by atoms with E-state index < -0.39 is 14.6 Å². The first-order chi connectivity index (χ1) is 11.5. The largest absolute Gasteiger partial charge is 0.489 e. The summed E-state index contributed by atoms with van der Waals surface area (Å²) in [6.07, 6.45) is 3.15. The average Bonchev–Trinajstić information content (AvgIpc) is 2.60. The van der Waals surface area contributed by atoms with Gasteiger partial charge in [0, 0.05) is 0 Å². The molecular weight excluding hydrogens is 363 g/mol. The first-order valence-corrected chi connectivity index (χ1v) is 10.2. The van der Waals surface area contributed by atoms with E-state index in [1.807, 2.05) is 37.3 Å². The minimum absolute atomic E-state index is 0. The predicted molar refractivity (Wildman–Crippen MR) is 119 cm³/mol. The Kier molecular flexibility index (Phi) is 10.7. The summed E-state index contributed by atoms with van der Waals surface area (Å²) >= 11 is 0. The molecule has 1 atom stereocenters. The van der Waals surface area contributed by atoms with E-state index in [-0.39, 0.29) is 24.0 Å². The minimum atomic E-state index is -1.36. The lowest BCUT2D eigenvalue weighted by Crippen LogP contribution is -2.34. The highest BCUT2D eigenvalue weighted by Crippen LogP contribution is 2.42. The van der Waals surface area contributed by atoms with Crippen LogP contribution in [-0.4, -0.2) is 16.9 Å². The second-order valence-electron chi connectivity index (χ2n) is 6.36. The Morgan fingerprint density at radius 1 is 0.846 bits per heavy atom. The molecule has 26 heavy (non-hydrogen) atoms. The van der Waals surface area contributed by atoms with Crippen LogP contribution in [0.2, 0.25) is 0 Å². The van der Waals surface area contributed by atoms with E-state index in [1.54, 1.807) is 0 Å². The van der Waals surface area contributed by atoms with E-state index in [0.29, 0.717) is 0 Å². The van der Waals surface area contributed by atoms with Crippen LogP contribution >= 0.6 is 20.2 Å². The lowest BCUT2D eigenvalue weighted by molar-refractivity contribution is 0.384. The topological polar surface area (TPSA) is 75.5 Å². The Bertz CT molecular complexity index is 672. The molecule has 144 valence electrons. The monoisotopic (exact) mass is 395 g/mol. The molecule has 2 rings (SSSR count). The van der Waals surface area contributed by atoms with Crippen LogP contribution in [0.4, 0.5) is 0 Å². The van der Waals surface area contributed by atoms with E-state index in [9.17, 15) is 10.0 Å². The Morgan fingerprint density at radius 2 is 1.31 bits per heavy atom. The van der Waals surface area contributed by atoms with E-state index in [0.717, 1.165) is 35.4 Å². The first-order valence-electron chi connectivity index (χ1n) is 8.81. The van der Waals surface area contributed by atoms with Crippen LogP contribution in [0.25, 0.3) is 0 Å². The predicted octanol–water partition coefficient (Wildman–Crippen LogP) is 4.45. The highest BCUT2D eigenvalue weighted by molar-refractivity contribution is 7.99. The van der Waals surface area contributed by atoms with Gasteiger partial charge in [0.2, 0.25) is 0 Å². The molecule has 0 heterocycles. The quantitative estimate of drug-likeness (QED) is 0.479. The second kappa shape index (κ2) is 11.1. The van der Waals surface area contributed by atoms with Crippen LogP contribution in [0, 0.1) is 6.92 Å². The van der Waals surface area contributed by atoms with Crippen molar-refractivity contribution in [2.45, 2.75) is 52.4 Å². The second-order valence-corrected chi connectivity index (χ2v) is 8.53.